The fraction of sp³-hybridized carbons (Fsp3) is 0.944. The van der Waals surface area contributed by atoms with Gasteiger partial charge in [-0.2, -0.15) is 0 Å². The van der Waals surface area contributed by atoms with Crippen LogP contribution in [-0.4, -0.2) is 54.8 Å². The number of hydrogen-bond acceptors (Lipinski definition) is 3. The Morgan fingerprint density at radius 3 is 0.786 bits per heavy atom. The van der Waals surface area contributed by atoms with E-state index in [2.05, 4.69) is 13.8 Å². The van der Waals surface area contributed by atoms with Crippen LogP contribution in [-0.2, 0) is 9.59 Å². The first-order valence-electron chi connectivity index (χ1n) is 18.0. The molecule has 0 aromatic rings. The summed E-state index contributed by atoms with van der Waals surface area (Å²) in [7, 11) is 0. The number of aliphatic carboxylic acids is 2. The fourth-order valence-electron chi connectivity index (χ4n) is 5.29. The van der Waals surface area contributed by atoms with E-state index in [-0.39, 0.29) is 56.6 Å². The second-order valence-corrected chi connectivity index (χ2v) is 12.2. The number of carbonyl (C=O) groups excluding carboxylic acids is 1. The molecule has 0 aromatic carbocycles. The molecule has 248 valence electrons. The summed E-state index contributed by atoms with van der Waals surface area (Å²) >= 11 is 0. The van der Waals surface area contributed by atoms with Crippen LogP contribution in [0.25, 0.3) is 0 Å². The number of unbranched alkanes of at least 4 members (excludes halogenated alkanes) is 28. The average Bonchev–Trinajstić information content (AvgIpc) is 2.93. The van der Waals surface area contributed by atoms with Crippen LogP contribution < -0.4 is 17.5 Å². The van der Waals surface area contributed by atoms with Crippen molar-refractivity contribution in [1.82, 2.24) is 0 Å². The van der Waals surface area contributed by atoms with Crippen molar-refractivity contribution in [3.63, 3.8) is 0 Å². The standard InChI is InChI=1S/2C18H36O2.Ca.ClH/c2*1-2-3-4-5-6-7-8-9-10-11-12-13-14-15-16-17-18(19)20;;/h2*2-17H2,1H3,(H,19,20);;1H/q;;+2;/p-2. The zero-order valence-electron chi connectivity index (χ0n) is 28.4. The fourth-order valence-corrected chi connectivity index (χ4v) is 5.29. The van der Waals surface area contributed by atoms with Gasteiger partial charge in [0.1, 0.15) is 0 Å². The predicted octanol–water partition coefficient (Wildman–Crippen LogP) is 7.95. The molecule has 1 N–H and O–H groups in total. The van der Waals surface area contributed by atoms with Gasteiger partial charge in [0.2, 0.25) is 0 Å². The van der Waals surface area contributed by atoms with Crippen LogP contribution in [0.15, 0.2) is 0 Å². The predicted molar refractivity (Wildman–Crippen MR) is 177 cm³/mol. The summed E-state index contributed by atoms with van der Waals surface area (Å²) in [6, 6.07) is 0. The molecule has 0 bridgehead atoms. The minimum Gasteiger partial charge on any atom is -1.00 e. The Kier molecular flexibility index (Phi) is 54.0. The van der Waals surface area contributed by atoms with Gasteiger partial charge in [0.15, 0.2) is 0 Å². The summed E-state index contributed by atoms with van der Waals surface area (Å²) < 4.78 is 0. The van der Waals surface area contributed by atoms with Crippen molar-refractivity contribution in [2.24, 2.45) is 0 Å². The summed E-state index contributed by atoms with van der Waals surface area (Å²) in [5, 5.41) is 18.7. The van der Waals surface area contributed by atoms with E-state index in [4.69, 9.17) is 5.11 Å². The van der Waals surface area contributed by atoms with E-state index >= 15 is 0 Å². The summed E-state index contributed by atoms with van der Waals surface area (Å²) in [6.45, 7) is 4.54. The van der Waals surface area contributed by atoms with E-state index < -0.39 is 11.9 Å². The molecule has 0 saturated carbocycles. The van der Waals surface area contributed by atoms with E-state index in [9.17, 15) is 14.7 Å². The first-order chi connectivity index (χ1) is 19.5. The minimum atomic E-state index is -0.903. The molecular formula is C36H71CaClO4. The molecular weight excluding hydrogens is 572 g/mol. The SMILES string of the molecule is CCCCCCCCCCCCCCCCCC(=O)O.CCCCCCCCCCCCCCCCCC(=O)[O-].[Ca+2].[Cl-]. The Balaban J connectivity index is -0.000000328. The topological polar surface area (TPSA) is 77.4 Å². The van der Waals surface area contributed by atoms with Crippen LogP contribution >= 0.6 is 0 Å². The van der Waals surface area contributed by atoms with E-state index in [0.29, 0.717) is 6.42 Å². The van der Waals surface area contributed by atoms with E-state index in [1.807, 2.05) is 0 Å². The van der Waals surface area contributed by atoms with Gasteiger partial charge in [0, 0.05) is 12.4 Å². The van der Waals surface area contributed by atoms with Crippen molar-refractivity contribution in [1.29, 1.82) is 0 Å². The van der Waals surface area contributed by atoms with Gasteiger partial charge in [0.05, 0.1) is 0 Å². The first-order valence-corrected chi connectivity index (χ1v) is 18.0. The molecule has 42 heavy (non-hydrogen) atoms. The molecule has 0 aliphatic rings. The zero-order chi connectivity index (χ0) is 29.8. The van der Waals surface area contributed by atoms with Gasteiger partial charge in [-0.25, -0.2) is 0 Å². The third-order valence-corrected chi connectivity index (χ3v) is 7.98. The van der Waals surface area contributed by atoms with Crippen LogP contribution in [0.1, 0.15) is 219 Å². The molecule has 0 aliphatic carbocycles. The molecule has 4 nitrogen and oxygen atoms in total. The Morgan fingerprint density at radius 2 is 0.595 bits per heavy atom. The summed E-state index contributed by atoms with van der Waals surface area (Å²) in [4.78, 5) is 20.6. The van der Waals surface area contributed by atoms with Crippen LogP contribution in [0, 0.1) is 0 Å². The van der Waals surface area contributed by atoms with E-state index in [0.717, 1.165) is 25.7 Å². The maximum Gasteiger partial charge on any atom is 2.00 e. The van der Waals surface area contributed by atoms with Gasteiger partial charge >= 0.3 is 43.7 Å². The van der Waals surface area contributed by atoms with Gasteiger partial charge in [-0.3, -0.25) is 4.79 Å². The Morgan fingerprint density at radius 1 is 0.405 bits per heavy atom. The molecule has 0 amide bonds. The van der Waals surface area contributed by atoms with Crippen molar-refractivity contribution in [2.75, 3.05) is 0 Å². The second kappa shape index (κ2) is 45.9. The number of hydrogen-bond donors (Lipinski definition) is 1. The second-order valence-electron chi connectivity index (χ2n) is 12.2. The quantitative estimate of drug-likeness (QED) is 0.0597. The van der Waals surface area contributed by atoms with Crippen molar-refractivity contribution in [3.05, 3.63) is 0 Å². The smallest absolute Gasteiger partial charge is 1.00 e. The van der Waals surface area contributed by atoms with Crippen molar-refractivity contribution in [2.45, 2.75) is 219 Å². The molecule has 0 atom stereocenters. The maximum absolute atomic E-state index is 10.3. The minimum absolute atomic E-state index is 0. The average molecular weight is 643 g/mol. The van der Waals surface area contributed by atoms with Crippen LogP contribution in [0.5, 0.6) is 0 Å². The first kappa shape index (κ1) is 49.4. The van der Waals surface area contributed by atoms with Gasteiger partial charge in [-0.05, 0) is 19.3 Å². The summed E-state index contributed by atoms with van der Waals surface area (Å²) in [5.74, 6) is -1.56. The monoisotopic (exact) mass is 642 g/mol. The third kappa shape index (κ3) is 53.1. The van der Waals surface area contributed by atoms with Gasteiger partial charge < -0.3 is 27.4 Å². The number of carboxylic acid groups (broad SMARTS) is 2. The van der Waals surface area contributed by atoms with Gasteiger partial charge in [-0.1, -0.05) is 194 Å². The number of carbonyl (C=O) groups is 2. The van der Waals surface area contributed by atoms with Crippen LogP contribution in [0.4, 0.5) is 0 Å². The van der Waals surface area contributed by atoms with Crippen LogP contribution in [0.2, 0.25) is 0 Å². The van der Waals surface area contributed by atoms with Crippen molar-refractivity contribution < 1.29 is 32.2 Å². The maximum atomic E-state index is 10.3. The zero-order valence-corrected chi connectivity index (χ0v) is 31.3. The summed E-state index contributed by atoms with van der Waals surface area (Å²) in [6.07, 6.45) is 40.1. The third-order valence-electron chi connectivity index (χ3n) is 7.98. The molecule has 0 radical (unpaired) electrons. The number of carboxylic acids is 2. The molecule has 0 spiro atoms. The molecule has 0 aromatic heterocycles. The Labute approximate surface area is 299 Å². The summed E-state index contributed by atoms with van der Waals surface area (Å²) in [5.41, 5.74) is 0. The van der Waals surface area contributed by atoms with Gasteiger partial charge in [0.25, 0.3) is 0 Å². The van der Waals surface area contributed by atoms with Crippen molar-refractivity contribution in [3.8, 4) is 0 Å². The van der Waals surface area contributed by atoms with E-state index in [1.165, 1.54) is 167 Å². The normalized spacial score (nSPS) is 10.3. The van der Waals surface area contributed by atoms with E-state index in [1.54, 1.807) is 0 Å². The molecule has 0 saturated heterocycles. The molecule has 0 unspecified atom stereocenters. The molecule has 0 fully saturated rings. The molecule has 0 aliphatic heterocycles. The molecule has 0 rings (SSSR count). The van der Waals surface area contributed by atoms with Crippen LogP contribution in [0.3, 0.4) is 0 Å². The number of rotatable bonds is 32. The van der Waals surface area contributed by atoms with Gasteiger partial charge in [-0.15, -0.1) is 0 Å². The Bertz CT molecular complexity index is 461. The Hall–Kier alpha value is 0.490. The molecule has 0 heterocycles. The number of halogens is 1. The van der Waals surface area contributed by atoms with Crippen molar-refractivity contribution >= 4 is 49.7 Å². The molecule has 6 heteroatoms. The largest absolute Gasteiger partial charge is 2.00 e.